The van der Waals surface area contributed by atoms with Gasteiger partial charge in [0.25, 0.3) is 5.91 Å². The van der Waals surface area contributed by atoms with E-state index in [1.165, 1.54) is 0 Å². The van der Waals surface area contributed by atoms with Crippen LogP contribution in [0.15, 0.2) is 22.7 Å². The third-order valence-corrected chi connectivity index (χ3v) is 4.37. The first kappa shape index (κ1) is 15.6. The Morgan fingerprint density at radius 2 is 2.12 bits per heavy atom. The molecule has 1 aliphatic heterocycles. The van der Waals surface area contributed by atoms with E-state index in [0.29, 0.717) is 30.4 Å². The lowest BCUT2D eigenvalue weighted by Crippen LogP contribution is -2.32. The number of imidazole rings is 1. The number of carbonyl (C=O) groups is 1. The van der Waals surface area contributed by atoms with Crippen molar-refractivity contribution in [1.82, 2.24) is 24.5 Å². The van der Waals surface area contributed by atoms with Gasteiger partial charge in [-0.05, 0) is 32.4 Å². The van der Waals surface area contributed by atoms with Crippen molar-refractivity contribution in [2.75, 3.05) is 18.4 Å². The van der Waals surface area contributed by atoms with Crippen LogP contribution in [0.4, 0.5) is 5.82 Å². The van der Waals surface area contributed by atoms with Gasteiger partial charge in [-0.3, -0.25) is 4.79 Å². The van der Waals surface area contributed by atoms with Gasteiger partial charge in [-0.15, -0.1) is 5.10 Å². The Hall–Kier alpha value is -2.90. The molecule has 1 aliphatic rings. The number of nitrogens with zero attached hydrogens (tertiary/aromatic N) is 5. The summed E-state index contributed by atoms with van der Waals surface area (Å²) in [5, 5.41) is 7.91. The Morgan fingerprint density at radius 3 is 2.88 bits per heavy atom. The van der Waals surface area contributed by atoms with Gasteiger partial charge in [0.2, 0.25) is 5.76 Å². The molecule has 0 saturated carbocycles. The minimum absolute atomic E-state index is 0.101. The summed E-state index contributed by atoms with van der Waals surface area (Å²) < 4.78 is 7.21. The van der Waals surface area contributed by atoms with Gasteiger partial charge in [0.05, 0.1) is 17.6 Å². The molecule has 0 aliphatic carbocycles. The van der Waals surface area contributed by atoms with E-state index < -0.39 is 0 Å². The highest BCUT2D eigenvalue weighted by Crippen LogP contribution is 2.19. The van der Waals surface area contributed by atoms with Gasteiger partial charge in [-0.1, -0.05) is 0 Å². The van der Waals surface area contributed by atoms with Crippen LogP contribution in [-0.2, 0) is 0 Å². The minimum Gasteiger partial charge on any atom is -0.436 e. The van der Waals surface area contributed by atoms with Crippen LogP contribution in [0.25, 0.3) is 5.65 Å². The van der Waals surface area contributed by atoms with Crippen LogP contribution in [0, 0.1) is 20.8 Å². The normalized spacial score (nSPS) is 17.4. The first-order valence-electron chi connectivity index (χ1n) is 8.32. The van der Waals surface area contributed by atoms with E-state index >= 15 is 0 Å². The number of rotatable bonds is 3. The fraction of sp³-hybridized carbons (Fsp3) is 0.412. The predicted molar refractivity (Wildman–Crippen MR) is 91.6 cm³/mol. The molecule has 1 amide bonds. The summed E-state index contributed by atoms with van der Waals surface area (Å²) in [7, 11) is 0. The molecule has 3 aromatic heterocycles. The highest BCUT2D eigenvalue weighted by Gasteiger charge is 2.30. The Labute approximate surface area is 144 Å². The molecule has 4 heterocycles. The molecule has 1 fully saturated rings. The monoisotopic (exact) mass is 340 g/mol. The Bertz CT molecular complexity index is 944. The number of oxazole rings is 1. The lowest BCUT2D eigenvalue weighted by molar-refractivity contribution is 0.0757. The first-order chi connectivity index (χ1) is 12.0. The summed E-state index contributed by atoms with van der Waals surface area (Å²) in [6, 6.07) is 4.00. The van der Waals surface area contributed by atoms with Crippen molar-refractivity contribution in [3.8, 4) is 0 Å². The zero-order valence-corrected chi connectivity index (χ0v) is 14.5. The molecule has 8 heteroatoms. The Kier molecular flexibility index (Phi) is 3.67. The molecule has 3 aromatic rings. The van der Waals surface area contributed by atoms with Gasteiger partial charge in [0.1, 0.15) is 5.82 Å². The molecule has 1 atom stereocenters. The van der Waals surface area contributed by atoms with E-state index in [1.54, 1.807) is 23.3 Å². The molecule has 0 unspecified atom stereocenters. The molecule has 1 N–H and O–H groups in total. The Morgan fingerprint density at radius 1 is 1.28 bits per heavy atom. The van der Waals surface area contributed by atoms with Gasteiger partial charge < -0.3 is 14.6 Å². The summed E-state index contributed by atoms with van der Waals surface area (Å²) in [5.41, 5.74) is 2.39. The average Bonchev–Trinajstić information content (AvgIpc) is 3.24. The van der Waals surface area contributed by atoms with E-state index in [1.807, 2.05) is 25.3 Å². The molecule has 0 radical (unpaired) electrons. The summed E-state index contributed by atoms with van der Waals surface area (Å²) in [5.74, 6) is 1.53. The summed E-state index contributed by atoms with van der Waals surface area (Å²) in [4.78, 5) is 22.9. The van der Waals surface area contributed by atoms with Crippen molar-refractivity contribution in [3.05, 3.63) is 41.4 Å². The molecule has 8 nitrogen and oxygen atoms in total. The number of hydrogen-bond donors (Lipinski definition) is 1. The maximum Gasteiger partial charge on any atom is 0.291 e. The van der Waals surface area contributed by atoms with Crippen molar-refractivity contribution in [1.29, 1.82) is 0 Å². The van der Waals surface area contributed by atoms with Crippen LogP contribution in [0.3, 0.4) is 0 Å². The quantitative estimate of drug-likeness (QED) is 0.784. The van der Waals surface area contributed by atoms with Crippen molar-refractivity contribution >= 4 is 17.4 Å². The highest BCUT2D eigenvalue weighted by molar-refractivity contribution is 5.92. The molecular weight excluding hydrogens is 320 g/mol. The van der Waals surface area contributed by atoms with Crippen LogP contribution in [-0.4, -0.2) is 49.5 Å². The summed E-state index contributed by atoms with van der Waals surface area (Å²) >= 11 is 0. The fourth-order valence-electron chi connectivity index (χ4n) is 3.22. The van der Waals surface area contributed by atoms with Gasteiger partial charge in [-0.2, -0.15) is 0 Å². The number of likely N-dealkylation sites (tertiary alicyclic amines) is 1. The lowest BCUT2D eigenvalue weighted by Gasteiger charge is -2.16. The lowest BCUT2D eigenvalue weighted by atomic mass is 10.2. The highest BCUT2D eigenvalue weighted by atomic mass is 16.4. The van der Waals surface area contributed by atoms with Crippen molar-refractivity contribution in [2.24, 2.45) is 0 Å². The number of fused-ring (bicyclic) bond motifs is 1. The molecule has 4 rings (SSSR count). The Balaban J connectivity index is 1.44. The van der Waals surface area contributed by atoms with E-state index in [9.17, 15) is 4.79 Å². The van der Waals surface area contributed by atoms with E-state index in [2.05, 4.69) is 20.4 Å². The summed E-state index contributed by atoms with van der Waals surface area (Å²) in [6.07, 6.45) is 2.75. The van der Waals surface area contributed by atoms with Gasteiger partial charge in [0.15, 0.2) is 11.5 Å². The van der Waals surface area contributed by atoms with Gasteiger partial charge >= 0.3 is 0 Å². The average molecular weight is 340 g/mol. The molecule has 0 aromatic carbocycles. The zero-order chi connectivity index (χ0) is 17.6. The second-order valence-electron chi connectivity index (χ2n) is 6.43. The molecule has 25 heavy (non-hydrogen) atoms. The largest absolute Gasteiger partial charge is 0.436 e. The summed E-state index contributed by atoms with van der Waals surface area (Å²) in [6.45, 7) is 6.78. The number of aromatic nitrogens is 4. The van der Waals surface area contributed by atoms with Crippen molar-refractivity contribution < 1.29 is 9.21 Å². The standard InChI is InChI=1S/C17H20N6O2/c1-10-8-23-15(18-10)5-4-14(21-23)20-13-6-7-22(9-13)17(24)16-11(2)19-12(3)25-16/h4-5,8,13H,6-7,9H2,1-3H3,(H,20,21)/t13-/m1/s1. The smallest absolute Gasteiger partial charge is 0.291 e. The van der Waals surface area contributed by atoms with Gasteiger partial charge in [-0.25, -0.2) is 14.5 Å². The topological polar surface area (TPSA) is 88.6 Å². The molecule has 130 valence electrons. The number of amides is 1. The molecule has 0 bridgehead atoms. The SMILES string of the molecule is Cc1cn2nc(N[C@@H]3CCN(C(=O)c4oc(C)nc4C)C3)ccc2n1. The maximum atomic E-state index is 12.6. The van der Waals surface area contributed by atoms with Crippen LogP contribution >= 0.6 is 0 Å². The van der Waals surface area contributed by atoms with Crippen molar-refractivity contribution in [3.63, 3.8) is 0 Å². The number of anilines is 1. The third kappa shape index (κ3) is 2.95. The molecular formula is C17H20N6O2. The second-order valence-corrected chi connectivity index (χ2v) is 6.43. The maximum absolute atomic E-state index is 12.6. The third-order valence-electron chi connectivity index (χ3n) is 4.37. The van der Waals surface area contributed by atoms with Crippen LogP contribution in [0.5, 0.6) is 0 Å². The fourth-order valence-corrected chi connectivity index (χ4v) is 3.22. The van der Waals surface area contributed by atoms with Crippen LogP contribution < -0.4 is 5.32 Å². The molecule has 1 saturated heterocycles. The first-order valence-corrected chi connectivity index (χ1v) is 8.32. The minimum atomic E-state index is -0.101. The number of carbonyl (C=O) groups excluding carboxylic acids is 1. The zero-order valence-electron chi connectivity index (χ0n) is 14.5. The molecule has 0 spiro atoms. The predicted octanol–water partition coefficient (Wildman–Crippen LogP) is 1.97. The van der Waals surface area contributed by atoms with E-state index in [-0.39, 0.29) is 11.9 Å². The van der Waals surface area contributed by atoms with E-state index in [4.69, 9.17) is 4.42 Å². The number of nitrogens with one attached hydrogen (secondary N) is 1. The van der Waals surface area contributed by atoms with E-state index in [0.717, 1.165) is 23.6 Å². The van der Waals surface area contributed by atoms with Crippen molar-refractivity contribution in [2.45, 2.75) is 33.2 Å². The van der Waals surface area contributed by atoms with Crippen LogP contribution in [0.1, 0.15) is 34.3 Å². The number of hydrogen-bond acceptors (Lipinski definition) is 6. The van der Waals surface area contributed by atoms with Gasteiger partial charge in [0, 0.05) is 26.1 Å². The van der Waals surface area contributed by atoms with Crippen LogP contribution in [0.2, 0.25) is 0 Å². The second kappa shape index (κ2) is 5.87. The number of aryl methyl sites for hydroxylation is 3.